The molecule has 4 aromatic rings. The minimum absolute atomic E-state index is 0.112. The van der Waals surface area contributed by atoms with Crippen molar-refractivity contribution in [2.24, 2.45) is 0 Å². The van der Waals surface area contributed by atoms with Gasteiger partial charge in [-0.15, -0.1) is 0 Å². The lowest BCUT2D eigenvalue weighted by atomic mass is 10.3. The van der Waals surface area contributed by atoms with Gasteiger partial charge in [-0.25, -0.2) is 4.98 Å². The van der Waals surface area contributed by atoms with Crippen molar-refractivity contribution in [3.8, 4) is 17.2 Å². The lowest BCUT2D eigenvalue weighted by Crippen LogP contribution is -2.20. The topological polar surface area (TPSA) is 77.2 Å². The number of oxazole rings is 1. The molecule has 0 spiro atoms. The van der Waals surface area contributed by atoms with E-state index >= 15 is 0 Å². The van der Waals surface area contributed by atoms with Crippen LogP contribution in [0.4, 0.5) is 5.69 Å². The molecule has 0 atom stereocenters. The number of carbonyl (C=O) groups is 1. The SMILES string of the molecule is O=C(COc1ccc(Cl)cc1)Nc1ccc2oc(-c3cccnc3)nc2c1. The first-order valence-corrected chi connectivity index (χ1v) is 8.54. The van der Waals surface area contributed by atoms with Gasteiger partial charge in [0.1, 0.15) is 11.3 Å². The Balaban J connectivity index is 1.44. The van der Waals surface area contributed by atoms with E-state index in [-0.39, 0.29) is 12.5 Å². The Kier molecular flexibility index (Phi) is 4.72. The number of ether oxygens (including phenoxy) is 1. The van der Waals surface area contributed by atoms with Gasteiger partial charge in [-0.3, -0.25) is 9.78 Å². The van der Waals surface area contributed by atoms with Crippen molar-refractivity contribution in [3.63, 3.8) is 0 Å². The molecule has 0 unspecified atom stereocenters. The third-order valence-electron chi connectivity index (χ3n) is 3.76. The van der Waals surface area contributed by atoms with Crippen LogP contribution in [0.2, 0.25) is 5.02 Å². The van der Waals surface area contributed by atoms with E-state index in [9.17, 15) is 4.79 Å². The first-order chi connectivity index (χ1) is 13.2. The largest absolute Gasteiger partial charge is 0.484 e. The predicted molar refractivity (Wildman–Crippen MR) is 103 cm³/mol. The third kappa shape index (κ3) is 4.07. The van der Waals surface area contributed by atoms with Gasteiger partial charge in [-0.2, -0.15) is 0 Å². The first kappa shape index (κ1) is 17.1. The van der Waals surface area contributed by atoms with Crippen LogP contribution in [0, 0.1) is 0 Å². The van der Waals surface area contributed by atoms with E-state index in [1.54, 1.807) is 54.9 Å². The van der Waals surface area contributed by atoms with Crippen LogP contribution >= 0.6 is 11.6 Å². The van der Waals surface area contributed by atoms with E-state index in [0.29, 0.717) is 33.4 Å². The molecule has 4 rings (SSSR count). The smallest absolute Gasteiger partial charge is 0.262 e. The van der Waals surface area contributed by atoms with Crippen molar-refractivity contribution in [2.45, 2.75) is 0 Å². The highest BCUT2D eigenvalue weighted by atomic mass is 35.5. The third-order valence-corrected chi connectivity index (χ3v) is 4.02. The summed E-state index contributed by atoms with van der Waals surface area (Å²) >= 11 is 5.82. The molecule has 6 nitrogen and oxygen atoms in total. The van der Waals surface area contributed by atoms with Gasteiger partial charge in [0.2, 0.25) is 5.89 Å². The number of hydrogen-bond acceptors (Lipinski definition) is 5. The van der Waals surface area contributed by atoms with Crippen LogP contribution in [-0.4, -0.2) is 22.5 Å². The van der Waals surface area contributed by atoms with Crippen molar-refractivity contribution in [3.05, 3.63) is 72.0 Å². The molecule has 0 saturated heterocycles. The summed E-state index contributed by atoms with van der Waals surface area (Å²) < 4.78 is 11.2. The van der Waals surface area contributed by atoms with Gasteiger partial charge in [-0.1, -0.05) is 11.6 Å². The molecule has 2 heterocycles. The molecule has 2 aromatic carbocycles. The molecule has 1 amide bonds. The summed E-state index contributed by atoms with van der Waals surface area (Å²) in [5.74, 6) is 0.774. The monoisotopic (exact) mass is 379 g/mol. The van der Waals surface area contributed by atoms with Crippen LogP contribution in [-0.2, 0) is 4.79 Å². The summed E-state index contributed by atoms with van der Waals surface area (Å²) in [7, 11) is 0. The summed E-state index contributed by atoms with van der Waals surface area (Å²) in [5, 5.41) is 3.39. The first-order valence-electron chi connectivity index (χ1n) is 8.16. The predicted octanol–water partition coefficient (Wildman–Crippen LogP) is 4.56. The maximum absolute atomic E-state index is 12.1. The van der Waals surface area contributed by atoms with Gasteiger partial charge in [0.25, 0.3) is 5.91 Å². The van der Waals surface area contributed by atoms with Gasteiger partial charge < -0.3 is 14.5 Å². The molecule has 1 N–H and O–H groups in total. The second kappa shape index (κ2) is 7.47. The number of halogens is 1. The summed E-state index contributed by atoms with van der Waals surface area (Å²) in [6, 6.07) is 15.8. The number of rotatable bonds is 5. The van der Waals surface area contributed by atoms with E-state index < -0.39 is 0 Å². The number of aromatic nitrogens is 2. The molecule has 0 saturated carbocycles. The zero-order valence-corrected chi connectivity index (χ0v) is 14.8. The minimum Gasteiger partial charge on any atom is -0.484 e. The number of nitrogens with one attached hydrogen (secondary N) is 1. The minimum atomic E-state index is -0.278. The van der Waals surface area contributed by atoms with Gasteiger partial charge in [0.15, 0.2) is 12.2 Å². The Morgan fingerprint density at radius 2 is 2.00 bits per heavy atom. The number of carbonyl (C=O) groups excluding carboxylic acids is 1. The van der Waals surface area contributed by atoms with E-state index in [4.69, 9.17) is 20.8 Å². The summed E-state index contributed by atoms with van der Waals surface area (Å²) in [5.41, 5.74) is 2.67. The van der Waals surface area contributed by atoms with Crippen molar-refractivity contribution in [1.29, 1.82) is 0 Å². The number of hydrogen-bond donors (Lipinski definition) is 1. The van der Waals surface area contributed by atoms with Crippen LogP contribution in [0.25, 0.3) is 22.6 Å². The van der Waals surface area contributed by atoms with Crippen LogP contribution in [0.3, 0.4) is 0 Å². The highest BCUT2D eigenvalue weighted by Crippen LogP contribution is 2.25. The lowest BCUT2D eigenvalue weighted by Gasteiger charge is -2.07. The fourth-order valence-electron chi connectivity index (χ4n) is 2.49. The van der Waals surface area contributed by atoms with E-state index in [0.717, 1.165) is 5.56 Å². The number of nitrogens with zero attached hydrogens (tertiary/aromatic N) is 2. The average Bonchev–Trinajstić information content (AvgIpc) is 3.12. The second-order valence-corrected chi connectivity index (χ2v) is 6.17. The van der Waals surface area contributed by atoms with Gasteiger partial charge in [0, 0.05) is 23.1 Å². The highest BCUT2D eigenvalue weighted by molar-refractivity contribution is 6.30. The molecule has 0 aliphatic heterocycles. The molecule has 0 bridgehead atoms. The molecule has 2 aromatic heterocycles. The van der Waals surface area contributed by atoms with E-state index in [2.05, 4.69) is 15.3 Å². The standard InChI is InChI=1S/C20H14ClN3O3/c21-14-3-6-16(7-4-14)26-12-19(25)23-15-5-8-18-17(10-15)24-20(27-18)13-2-1-9-22-11-13/h1-11H,12H2,(H,23,25). The molecule has 0 radical (unpaired) electrons. The Morgan fingerprint density at radius 1 is 1.15 bits per heavy atom. The highest BCUT2D eigenvalue weighted by Gasteiger charge is 2.10. The normalized spacial score (nSPS) is 10.7. The molecule has 7 heteroatoms. The van der Waals surface area contributed by atoms with Crippen molar-refractivity contribution >= 4 is 34.3 Å². The average molecular weight is 380 g/mol. The number of pyridine rings is 1. The van der Waals surface area contributed by atoms with E-state index in [1.807, 2.05) is 12.1 Å². The maximum Gasteiger partial charge on any atom is 0.262 e. The van der Waals surface area contributed by atoms with Crippen LogP contribution < -0.4 is 10.1 Å². The molecule has 27 heavy (non-hydrogen) atoms. The fourth-order valence-corrected chi connectivity index (χ4v) is 2.62. The molecule has 134 valence electrons. The zero-order chi connectivity index (χ0) is 18.6. The van der Waals surface area contributed by atoms with Crippen LogP contribution in [0.15, 0.2) is 71.4 Å². The second-order valence-electron chi connectivity index (χ2n) is 5.73. The fraction of sp³-hybridized carbons (Fsp3) is 0.0500. The molecule has 0 aliphatic carbocycles. The summed E-state index contributed by atoms with van der Waals surface area (Å²) in [6.45, 7) is -0.112. The Labute approximate surface area is 159 Å². The van der Waals surface area contributed by atoms with E-state index in [1.165, 1.54) is 0 Å². The van der Waals surface area contributed by atoms with Gasteiger partial charge >= 0.3 is 0 Å². The zero-order valence-electron chi connectivity index (χ0n) is 14.1. The lowest BCUT2D eigenvalue weighted by molar-refractivity contribution is -0.118. The van der Waals surface area contributed by atoms with Crippen molar-refractivity contribution in [1.82, 2.24) is 9.97 Å². The molecular weight excluding hydrogens is 366 g/mol. The number of fused-ring (bicyclic) bond motifs is 1. The Hall–Kier alpha value is -3.38. The number of anilines is 1. The van der Waals surface area contributed by atoms with Crippen LogP contribution in [0.1, 0.15) is 0 Å². The summed E-state index contributed by atoms with van der Waals surface area (Å²) in [4.78, 5) is 20.6. The van der Waals surface area contributed by atoms with Crippen molar-refractivity contribution in [2.75, 3.05) is 11.9 Å². The van der Waals surface area contributed by atoms with Crippen LogP contribution in [0.5, 0.6) is 5.75 Å². The molecular formula is C20H14ClN3O3. The van der Waals surface area contributed by atoms with Gasteiger partial charge in [-0.05, 0) is 54.6 Å². The number of benzene rings is 2. The van der Waals surface area contributed by atoms with Crippen molar-refractivity contribution < 1.29 is 13.9 Å². The number of amides is 1. The molecule has 0 fully saturated rings. The Bertz CT molecular complexity index is 1080. The summed E-state index contributed by atoms with van der Waals surface area (Å²) in [6.07, 6.45) is 3.37. The maximum atomic E-state index is 12.1. The van der Waals surface area contributed by atoms with Gasteiger partial charge in [0.05, 0.1) is 5.56 Å². The Morgan fingerprint density at radius 3 is 2.78 bits per heavy atom. The quantitative estimate of drug-likeness (QED) is 0.550. The molecule has 0 aliphatic rings.